The third kappa shape index (κ3) is 3.56. The number of hydrogen-bond acceptors (Lipinski definition) is 4. The fourth-order valence-electron chi connectivity index (χ4n) is 2.14. The van der Waals surface area contributed by atoms with Crippen LogP contribution in [-0.4, -0.2) is 43.8 Å². The lowest BCUT2D eigenvalue weighted by molar-refractivity contribution is -0.0264. The Kier molecular flexibility index (Phi) is 4.59. The molecule has 4 heteroatoms. The fraction of sp³-hybridized carbons (Fsp3) is 0.692. The molecule has 2 heterocycles. The highest BCUT2D eigenvalue weighted by molar-refractivity contribution is 5.02. The quantitative estimate of drug-likeness (QED) is 0.846. The summed E-state index contributed by atoms with van der Waals surface area (Å²) in [7, 11) is 0. The van der Waals surface area contributed by atoms with Crippen LogP contribution >= 0.6 is 0 Å². The van der Waals surface area contributed by atoms with Crippen molar-refractivity contribution in [3.05, 3.63) is 24.2 Å². The van der Waals surface area contributed by atoms with Gasteiger partial charge in [0, 0.05) is 19.6 Å². The van der Waals surface area contributed by atoms with E-state index in [1.165, 1.54) is 0 Å². The molecule has 1 fully saturated rings. The first-order chi connectivity index (χ1) is 8.29. The Hall–Kier alpha value is -0.840. The number of likely N-dealkylation sites (N-methyl/N-ethyl adjacent to an activating group) is 1. The average molecular weight is 238 g/mol. The molecule has 4 nitrogen and oxygen atoms in total. The van der Waals surface area contributed by atoms with Crippen LogP contribution < -0.4 is 5.32 Å². The number of rotatable bonds is 5. The van der Waals surface area contributed by atoms with Gasteiger partial charge in [-0.2, -0.15) is 0 Å². The van der Waals surface area contributed by atoms with Crippen molar-refractivity contribution < 1.29 is 9.15 Å². The van der Waals surface area contributed by atoms with Gasteiger partial charge in [-0.05, 0) is 25.6 Å². The van der Waals surface area contributed by atoms with E-state index in [1.54, 1.807) is 6.26 Å². The zero-order valence-corrected chi connectivity index (χ0v) is 10.7. The summed E-state index contributed by atoms with van der Waals surface area (Å²) in [5.74, 6) is 0.980. The first kappa shape index (κ1) is 12.6. The SMILES string of the molecule is CCN1CCOC(CNC(C)c2ccco2)C1. The molecule has 0 radical (unpaired) electrons. The Balaban J connectivity index is 1.74. The molecule has 1 aliphatic heterocycles. The Labute approximate surface area is 103 Å². The van der Waals surface area contributed by atoms with Crippen LogP contribution in [0.4, 0.5) is 0 Å². The normalized spacial score (nSPS) is 23.8. The molecule has 1 saturated heterocycles. The molecule has 0 aromatic carbocycles. The summed E-state index contributed by atoms with van der Waals surface area (Å²) in [5.41, 5.74) is 0. The minimum Gasteiger partial charge on any atom is -0.468 e. The smallest absolute Gasteiger partial charge is 0.120 e. The van der Waals surface area contributed by atoms with Gasteiger partial charge in [-0.1, -0.05) is 6.92 Å². The van der Waals surface area contributed by atoms with E-state index in [4.69, 9.17) is 9.15 Å². The number of hydrogen-bond donors (Lipinski definition) is 1. The van der Waals surface area contributed by atoms with E-state index in [9.17, 15) is 0 Å². The van der Waals surface area contributed by atoms with Gasteiger partial charge in [0.1, 0.15) is 5.76 Å². The summed E-state index contributed by atoms with van der Waals surface area (Å²) < 4.78 is 11.1. The van der Waals surface area contributed by atoms with Crippen LogP contribution in [-0.2, 0) is 4.74 Å². The Morgan fingerprint density at radius 2 is 2.47 bits per heavy atom. The number of nitrogens with zero attached hydrogens (tertiary/aromatic N) is 1. The maximum Gasteiger partial charge on any atom is 0.120 e. The molecule has 0 bridgehead atoms. The van der Waals surface area contributed by atoms with Gasteiger partial charge in [0.05, 0.1) is 25.0 Å². The second-order valence-corrected chi connectivity index (χ2v) is 4.53. The van der Waals surface area contributed by atoms with Crippen LogP contribution in [0.25, 0.3) is 0 Å². The fourth-order valence-corrected chi connectivity index (χ4v) is 2.14. The Bertz CT molecular complexity index is 313. The van der Waals surface area contributed by atoms with Gasteiger partial charge in [0.2, 0.25) is 0 Å². The predicted octanol–water partition coefficient (Wildman–Crippen LogP) is 1.65. The van der Waals surface area contributed by atoms with Gasteiger partial charge in [0.15, 0.2) is 0 Å². The van der Waals surface area contributed by atoms with Crippen molar-refractivity contribution in [1.82, 2.24) is 10.2 Å². The van der Waals surface area contributed by atoms with Crippen LogP contribution in [0.2, 0.25) is 0 Å². The van der Waals surface area contributed by atoms with Crippen molar-refractivity contribution in [3.63, 3.8) is 0 Å². The van der Waals surface area contributed by atoms with E-state index in [0.29, 0.717) is 6.10 Å². The predicted molar refractivity (Wildman–Crippen MR) is 67.0 cm³/mol. The highest BCUT2D eigenvalue weighted by Gasteiger charge is 2.20. The molecule has 1 N–H and O–H groups in total. The van der Waals surface area contributed by atoms with Crippen molar-refractivity contribution in [2.75, 3.05) is 32.8 Å². The molecular formula is C13H22N2O2. The summed E-state index contributed by atoms with van der Waals surface area (Å²) in [6.07, 6.45) is 2.00. The summed E-state index contributed by atoms with van der Waals surface area (Å²) in [5, 5.41) is 3.45. The van der Waals surface area contributed by atoms with Crippen LogP contribution in [0.5, 0.6) is 0 Å². The lowest BCUT2D eigenvalue weighted by Crippen LogP contribution is -2.46. The van der Waals surface area contributed by atoms with Crippen molar-refractivity contribution in [3.8, 4) is 0 Å². The summed E-state index contributed by atoms with van der Waals surface area (Å²) >= 11 is 0. The molecule has 1 aliphatic rings. The van der Waals surface area contributed by atoms with Crippen LogP contribution in [0, 0.1) is 0 Å². The standard InChI is InChI=1S/C13H22N2O2/c1-3-15-6-8-16-12(10-15)9-14-11(2)13-5-4-7-17-13/h4-5,7,11-12,14H,3,6,8-10H2,1-2H3. The van der Waals surface area contributed by atoms with E-state index < -0.39 is 0 Å². The minimum atomic E-state index is 0.241. The van der Waals surface area contributed by atoms with Gasteiger partial charge in [0.25, 0.3) is 0 Å². The Morgan fingerprint density at radius 3 is 3.18 bits per heavy atom. The molecule has 96 valence electrons. The van der Waals surface area contributed by atoms with Crippen LogP contribution in [0.15, 0.2) is 22.8 Å². The molecular weight excluding hydrogens is 216 g/mol. The van der Waals surface area contributed by atoms with Gasteiger partial charge in [-0.3, -0.25) is 4.90 Å². The monoisotopic (exact) mass is 238 g/mol. The second kappa shape index (κ2) is 6.19. The average Bonchev–Trinajstić information content (AvgIpc) is 2.90. The van der Waals surface area contributed by atoms with E-state index in [2.05, 4.69) is 24.1 Å². The summed E-state index contributed by atoms with van der Waals surface area (Å²) in [4.78, 5) is 2.42. The molecule has 2 atom stereocenters. The largest absolute Gasteiger partial charge is 0.468 e. The molecule has 0 saturated carbocycles. The highest BCUT2D eigenvalue weighted by atomic mass is 16.5. The lowest BCUT2D eigenvalue weighted by Gasteiger charge is -2.32. The molecule has 1 aromatic heterocycles. The molecule has 17 heavy (non-hydrogen) atoms. The third-order valence-corrected chi connectivity index (χ3v) is 3.29. The van der Waals surface area contributed by atoms with Crippen molar-refractivity contribution >= 4 is 0 Å². The van der Waals surface area contributed by atoms with Crippen LogP contribution in [0.3, 0.4) is 0 Å². The number of furan rings is 1. The zero-order valence-electron chi connectivity index (χ0n) is 10.7. The van der Waals surface area contributed by atoms with Crippen molar-refractivity contribution in [2.24, 2.45) is 0 Å². The highest BCUT2D eigenvalue weighted by Crippen LogP contribution is 2.12. The van der Waals surface area contributed by atoms with Crippen molar-refractivity contribution in [2.45, 2.75) is 26.0 Å². The third-order valence-electron chi connectivity index (χ3n) is 3.29. The van der Waals surface area contributed by atoms with Crippen molar-refractivity contribution in [1.29, 1.82) is 0 Å². The summed E-state index contributed by atoms with van der Waals surface area (Å²) in [6, 6.07) is 4.16. The number of ether oxygens (including phenoxy) is 1. The topological polar surface area (TPSA) is 37.6 Å². The van der Waals surface area contributed by atoms with E-state index in [1.807, 2.05) is 12.1 Å². The summed E-state index contributed by atoms with van der Waals surface area (Å²) in [6.45, 7) is 9.21. The number of morpholine rings is 1. The van der Waals surface area contributed by atoms with Gasteiger partial charge in [-0.15, -0.1) is 0 Å². The maximum atomic E-state index is 5.74. The van der Waals surface area contributed by atoms with Gasteiger partial charge >= 0.3 is 0 Å². The first-order valence-electron chi connectivity index (χ1n) is 6.40. The first-order valence-corrected chi connectivity index (χ1v) is 6.40. The van der Waals surface area contributed by atoms with Crippen LogP contribution in [0.1, 0.15) is 25.6 Å². The zero-order chi connectivity index (χ0) is 12.1. The molecule has 1 aromatic rings. The second-order valence-electron chi connectivity index (χ2n) is 4.53. The molecule has 0 aliphatic carbocycles. The maximum absolute atomic E-state index is 5.74. The molecule has 0 amide bonds. The molecule has 2 unspecified atom stereocenters. The molecule has 0 spiro atoms. The van der Waals surface area contributed by atoms with E-state index in [0.717, 1.165) is 38.5 Å². The van der Waals surface area contributed by atoms with E-state index in [-0.39, 0.29) is 6.04 Å². The number of nitrogens with one attached hydrogen (secondary N) is 1. The van der Waals surface area contributed by atoms with E-state index >= 15 is 0 Å². The lowest BCUT2D eigenvalue weighted by atomic mass is 10.2. The minimum absolute atomic E-state index is 0.241. The Morgan fingerprint density at radius 1 is 1.59 bits per heavy atom. The van der Waals surface area contributed by atoms with Gasteiger partial charge in [-0.25, -0.2) is 0 Å². The van der Waals surface area contributed by atoms with Gasteiger partial charge < -0.3 is 14.5 Å². The molecule has 2 rings (SSSR count).